The van der Waals surface area contributed by atoms with E-state index >= 15 is 0 Å². The minimum Gasteiger partial charge on any atom is -0.345 e. The van der Waals surface area contributed by atoms with Crippen molar-refractivity contribution < 1.29 is 4.79 Å². The highest BCUT2D eigenvalue weighted by Crippen LogP contribution is 2.40. The van der Waals surface area contributed by atoms with Gasteiger partial charge in [0.15, 0.2) is 5.65 Å². The molecular weight excluding hydrogens is 368 g/mol. The minimum atomic E-state index is -0.243. The van der Waals surface area contributed by atoms with Crippen molar-refractivity contribution in [1.29, 1.82) is 0 Å². The number of aromatic amines is 2. The van der Waals surface area contributed by atoms with Gasteiger partial charge in [0.05, 0.1) is 33.7 Å². The molecule has 0 bridgehead atoms. The first-order chi connectivity index (χ1) is 13.9. The van der Waals surface area contributed by atoms with Crippen molar-refractivity contribution >= 4 is 28.0 Å². The molecular formula is C21H22N6O2. The lowest BCUT2D eigenvalue weighted by atomic mass is 10.0. The van der Waals surface area contributed by atoms with Gasteiger partial charge in [-0.3, -0.25) is 9.48 Å². The molecule has 0 spiro atoms. The first-order valence-electron chi connectivity index (χ1n) is 9.78. The average Bonchev–Trinajstić information content (AvgIpc) is 3.41. The minimum absolute atomic E-state index is 0.148. The Morgan fingerprint density at radius 3 is 2.76 bits per heavy atom. The first-order valence-corrected chi connectivity index (χ1v) is 9.78. The van der Waals surface area contributed by atoms with Gasteiger partial charge in [-0.1, -0.05) is 6.07 Å². The van der Waals surface area contributed by atoms with E-state index < -0.39 is 0 Å². The number of hydrogen-bond acceptors (Lipinski definition) is 4. The molecule has 8 nitrogen and oxygen atoms in total. The molecule has 29 heavy (non-hydrogen) atoms. The second kappa shape index (κ2) is 6.30. The van der Waals surface area contributed by atoms with E-state index in [1.165, 1.54) is 0 Å². The van der Waals surface area contributed by atoms with E-state index in [9.17, 15) is 9.59 Å². The summed E-state index contributed by atoms with van der Waals surface area (Å²) >= 11 is 0. The Labute approximate surface area is 166 Å². The van der Waals surface area contributed by atoms with Crippen LogP contribution in [-0.2, 0) is 7.05 Å². The summed E-state index contributed by atoms with van der Waals surface area (Å²) in [6, 6.07) is 7.32. The molecule has 1 aliphatic rings. The van der Waals surface area contributed by atoms with E-state index in [-0.39, 0.29) is 17.6 Å². The lowest BCUT2D eigenvalue weighted by Crippen LogP contribution is -2.27. The highest BCUT2D eigenvalue weighted by atomic mass is 16.2. The summed E-state index contributed by atoms with van der Waals surface area (Å²) in [7, 11) is 1.86. The zero-order valence-corrected chi connectivity index (χ0v) is 16.5. The van der Waals surface area contributed by atoms with E-state index in [1.807, 2.05) is 45.2 Å². The van der Waals surface area contributed by atoms with Gasteiger partial charge in [-0.05, 0) is 50.5 Å². The van der Waals surface area contributed by atoms with E-state index in [0.717, 1.165) is 51.9 Å². The molecule has 3 N–H and O–H groups in total. The number of aryl methyl sites for hydroxylation is 2. The number of rotatable bonds is 4. The van der Waals surface area contributed by atoms with Crippen LogP contribution >= 0.6 is 0 Å². The monoisotopic (exact) mass is 390 g/mol. The normalized spacial score (nSPS) is 15.1. The average molecular weight is 390 g/mol. The Morgan fingerprint density at radius 1 is 1.24 bits per heavy atom. The lowest BCUT2D eigenvalue weighted by Gasteiger charge is -2.15. The number of nitrogens with zero attached hydrogens (tertiary/aromatic N) is 3. The van der Waals surface area contributed by atoms with Gasteiger partial charge in [-0.15, -0.1) is 0 Å². The molecule has 0 radical (unpaired) electrons. The van der Waals surface area contributed by atoms with Gasteiger partial charge >= 0.3 is 5.69 Å². The van der Waals surface area contributed by atoms with Crippen molar-refractivity contribution in [2.24, 2.45) is 7.05 Å². The molecule has 1 atom stereocenters. The molecule has 4 aromatic rings. The molecule has 148 valence electrons. The van der Waals surface area contributed by atoms with Gasteiger partial charge in [-0.25, -0.2) is 9.78 Å². The molecule has 1 aliphatic carbocycles. The Morgan fingerprint density at radius 2 is 2.00 bits per heavy atom. The zero-order chi connectivity index (χ0) is 20.3. The third-order valence-electron chi connectivity index (χ3n) is 5.62. The molecule has 1 unspecified atom stereocenters. The van der Waals surface area contributed by atoms with Gasteiger partial charge in [-0.2, -0.15) is 5.10 Å². The van der Waals surface area contributed by atoms with E-state index in [2.05, 4.69) is 20.4 Å². The molecule has 3 aromatic heterocycles. The van der Waals surface area contributed by atoms with E-state index in [1.54, 1.807) is 4.68 Å². The Hall–Kier alpha value is -3.42. The largest absolute Gasteiger partial charge is 0.345 e. The van der Waals surface area contributed by atoms with Crippen molar-refractivity contribution in [3.05, 3.63) is 57.3 Å². The molecule has 1 fully saturated rings. The fourth-order valence-electron chi connectivity index (χ4n) is 3.91. The predicted octanol–water partition coefficient (Wildman–Crippen LogP) is 2.81. The van der Waals surface area contributed by atoms with Crippen LogP contribution in [0.5, 0.6) is 0 Å². The second-order valence-corrected chi connectivity index (χ2v) is 7.86. The summed E-state index contributed by atoms with van der Waals surface area (Å²) in [5.74, 6) is 0.289. The summed E-state index contributed by atoms with van der Waals surface area (Å²) in [5.41, 5.74) is 5.25. The van der Waals surface area contributed by atoms with E-state index in [4.69, 9.17) is 4.98 Å². The van der Waals surface area contributed by atoms with Crippen LogP contribution in [0.15, 0.2) is 29.1 Å². The van der Waals surface area contributed by atoms with Crippen LogP contribution in [0, 0.1) is 6.92 Å². The quantitative estimate of drug-likeness (QED) is 0.498. The van der Waals surface area contributed by atoms with Gasteiger partial charge in [0, 0.05) is 18.7 Å². The van der Waals surface area contributed by atoms with Crippen LogP contribution in [0.4, 0.5) is 0 Å². The molecule has 8 heteroatoms. The smallest absolute Gasteiger partial charge is 0.323 e. The fourth-order valence-corrected chi connectivity index (χ4v) is 3.91. The molecule has 1 aromatic carbocycles. The number of pyridine rings is 1. The predicted molar refractivity (Wildman–Crippen MR) is 110 cm³/mol. The maximum Gasteiger partial charge on any atom is 0.323 e. The number of benzene rings is 1. The summed E-state index contributed by atoms with van der Waals surface area (Å²) in [6.07, 6.45) is 2.23. The van der Waals surface area contributed by atoms with Crippen LogP contribution in [-0.4, -0.2) is 30.6 Å². The van der Waals surface area contributed by atoms with Crippen molar-refractivity contribution in [2.75, 3.05) is 0 Å². The maximum atomic E-state index is 13.2. The number of nitrogens with one attached hydrogen (secondary N) is 3. The summed E-state index contributed by atoms with van der Waals surface area (Å²) in [5, 5.41) is 8.36. The number of amides is 1. The summed E-state index contributed by atoms with van der Waals surface area (Å²) in [4.78, 5) is 35.0. The number of hydrogen-bond donors (Lipinski definition) is 3. The number of carbonyl (C=O) groups excluding carboxylic acids is 1. The Bertz CT molecular complexity index is 1320. The topological polar surface area (TPSA) is 108 Å². The van der Waals surface area contributed by atoms with Gasteiger partial charge in [0.2, 0.25) is 0 Å². The third kappa shape index (κ3) is 3.00. The molecule has 5 rings (SSSR count). The SMILES string of the molecule is Cc1nn(C)c2nc(C3CC3)cc(C(=O)NC(C)c3ccc4[nH]c(=O)[nH]c4c3)c12. The molecule has 0 aliphatic heterocycles. The van der Waals surface area contributed by atoms with E-state index in [0.29, 0.717) is 11.5 Å². The van der Waals surface area contributed by atoms with Crippen LogP contribution in [0.25, 0.3) is 22.1 Å². The standard InChI is InChI=1S/C21H22N6O2/c1-10(13-6-7-15-17(8-13)25-21(29)24-15)22-20(28)14-9-16(12-4-5-12)23-19-18(14)11(2)26-27(19)3/h6-10,12H,4-5H2,1-3H3,(H,22,28)(H2,24,25,29). The Kier molecular flexibility index (Phi) is 3.84. The van der Waals surface area contributed by atoms with Crippen molar-refractivity contribution in [3.8, 4) is 0 Å². The number of aromatic nitrogens is 5. The number of H-pyrrole nitrogens is 2. The molecule has 1 amide bonds. The molecule has 0 saturated heterocycles. The first kappa shape index (κ1) is 17.7. The second-order valence-electron chi connectivity index (χ2n) is 7.86. The van der Waals surface area contributed by atoms with Crippen molar-refractivity contribution in [2.45, 2.75) is 38.6 Å². The highest BCUT2D eigenvalue weighted by molar-refractivity contribution is 6.06. The lowest BCUT2D eigenvalue weighted by molar-refractivity contribution is 0.0941. The summed E-state index contributed by atoms with van der Waals surface area (Å²) < 4.78 is 1.74. The Balaban J connectivity index is 1.50. The highest BCUT2D eigenvalue weighted by Gasteiger charge is 2.28. The fraction of sp³-hybridized carbons (Fsp3) is 0.333. The molecule has 3 heterocycles. The number of imidazole rings is 1. The van der Waals surface area contributed by atoms with Crippen LogP contribution in [0.3, 0.4) is 0 Å². The van der Waals surface area contributed by atoms with Gasteiger partial charge in [0.25, 0.3) is 5.91 Å². The van der Waals surface area contributed by atoms with Crippen molar-refractivity contribution in [3.63, 3.8) is 0 Å². The van der Waals surface area contributed by atoms with Gasteiger partial charge in [0.1, 0.15) is 0 Å². The van der Waals surface area contributed by atoms with Crippen molar-refractivity contribution in [1.82, 2.24) is 30.0 Å². The van der Waals surface area contributed by atoms with Crippen LogP contribution < -0.4 is 11.0 Å². The maximum absolute atomic E-state index is 13.2. The van der Waals surface area contributed by atoms with Gasteiger partial charge < -0.3 is 15.3 Å². The zero-order valence-electron chi connectivity index (χ0n) is 16.5. The third-order valence-corrected chi connectivity index (χ3v) is 5.62. The molecule has 1 saturated carbocycles. The number of fused-ring (bicyclic) bond motifs is 2. The van der Waals surface area contributed by atoms with Crippen LogP contribution in [0.1, 0.15) is 59.0 Å². The number of carbonyl (C=O) groups is 1. The van der Waals surface area contributed by atoms with Crippen LogP contribution in [0.2, 0.25) is 0 Å². The summed E-state index contributed by atoms with van der Waals surface area (Å²) in [6.45, 7) is 3.83.